The van der Waals surface area contributed by atoms with Gasteiger partial charge in [-0.15, -0.1) is 0 Å². The Morgan fingerprint density at radius 2 is 1.88 bits per heavy atom. The van der Waals surface area contributed by atoms with Crippen molar-refractivity contribution in [1.82, 2.24) is 4.90 Å². The zero-order valence-electron chi connectivity index (χ0n) is 11.3. The monoisotopic (exact) mass is 233 g/mol. The lowest BCUT2D eigenvalue weighted by Gasteiger charge is -2.46. The number of rotatable bonds is 1. The largest absolute Gasteiger partial charge is 0.399 e. The lowest BCUT2D eigenvalue weighted by molar-refractivity contribution is 0.139. The maximum atomic E-state index is 5.92. The predicted molar refractivity (Wildman–Crippen MR) is 74.5 cm³/mol. The molecule has 2 N–H and O–H groups in total. The van der Waals surface area contributed by atoms with E-state index in [4.69, 9.17) is 5.73 Å². The van der Waals surface area contributed by atoms with Crippen LogP contribution in [0.25, 0.3) is 0 Å². The summed E-state index contributed by atoms with van der Waals surface area (Å²) >= 11 is 0. The van der Waals surface area contributed by atoms with E-state index in [2.05, 4.69) is 49.8 Å². The Bertz CT molecular complexity index is 392. The fourth-order valence-electron chi connectivity index (χ4n) is 2.44. The summed E-state index contributed by atoms with van der Waals surface area (Å²) < 4.78 is 0. The third kappa shape index (κ3) is 2.55. The molecule has 3 heteroatoms. The summed E-state index contributed by atoms with van der Waals surface area (Å²) in [4.78, 5) is 4.85. The third-order valence-corrected chi connectivity index (χ3v) is 3.77. The molecular weight excluding hydrogens is 210 g/mol. The quantitative estimate of drug-likeness (QED) is 0.754. The minimum Gasteiger partial charge on any atom is -0.399 e. The van der Waals surface area contributed by atoms with Crippen LogP contribution in [0.2, 0.25) is 0 Å². The molecule has 0 radical (unpaired) electrons. The first kappa shape index (κ1) is 12.2. The first-order chi connectivity index (χ1) is 7.88. The molecule has 1 aromatic carbocycles. The first-order valence-corrected chi connectivity index (χ1v) is 6.22. The SMILES string of the molecule is Cc1cc(N)cc(N2CCN(C)C(C)(C)C2)c1. The van der Waals surface area contributed by atoms with Gasteiger partial charge in [-0.2, -0.15) is 0 Å². The smallest absolute Gasteiger partial charge is 0.0390 e. The zero-order valence-corrected chi connectivity index (χ0v) is 11.3. The summed E-state index contributed by atoms with van der Waals surface area (Å²) in [6.45, 7) is 9.90. The molecule has 1 aliphatic rings. The molecule has 3 nitrogen and oxygen atoms in total. The van der Waals surface area contributed by atoms with Crippen molar-refractivity contribution in [2.24, 2.45) is 0 Å². The van der Waals surface area contributed by atoms with E-state index >= 15 is 0 Å². The number of anilines is 2. The Labute approximate surface area is 104 Å². The summed E-state index contributed by atoms with van der Waals surface area (Å²) in [6, 6.07) is 6.32. The van der Waals surface area contributed by atoms with Gasteiger partial charge in [0.25, 0.3) is 0 Å². The maximum absolute atomic E-state index is 5.92. The van der Waals surface area contributed by atoms with Crippen LogP contribution in [-0.2, 0) is 0 Å². The number of nitrogen functional groups attached to an aromatic ring is 1. The van der Waals surface area contributed by atoms with Crippen LogP contribution < -0.4 is 10.6 Å². The molecule has 1 aliphatic heterocycles. The molecule has 0 bridgehead atoms. The molecular formula is C14H23N3. The van der Waals surface area contributed by atoms with Gasteiger partial charge in [-0.3, -0.25) is 4.90 Å². The van der Waals surface area contributed by atoms with E-state index in [1.165, 1.54) is 11.3 Å². The lowest BCUT2D eigenvalue weighted by Crippen LogP contribution is -2.57. The maximum Gasteiger partial charge on any atom is 0.0390 e. The molecule has 0 spiro atoms. The third-order valence-electron chi connectivity index (χ3n) is 3.77. The van der Waals surface area contributed by atoms with Crippen molar-refractivity contribution >= 4 is 11.4 Å². The van der Waals surface area contributed by atoms with Gasteiger partial charge in [0.05, 0.1) is 0 Å². The van der Waals surface area contributed by atoms with Crippen molar-refractivity contribution in [3.05, 3.63) is 23.8 Å². The molecule has 0 amide bonds. The summed E-state index contributed by atoms with van der Waals surface area (Å²) in [5, 5.41) is 0. The minimum atomic E-state index is 0.219. The van der Waals surface area contributed by atoms with Crippen LogP contribution in [0.15, 0.2) is 18.2 Å². The molecule has 2 rings (SSSR count). The van der Waals surface area contributed by atoms with Crippen LogP contribution >= 0.6 is 0 Å². The van der Waals surface area contributed by atoms with Crippen LogP contribution in [0.4, 0.5) is 11.4 Å². The number of nitrogens with two attached hydrogens (primary N) is 1. The van der Waals surface area contributed by atoms with Gasteiger partial charge in [0.15, 0.2) is 0 Å². The van der Waals surface area contributed by atoms with Crippen molar-refractivity contribution in [2.45, 2.75) is 26.3 Å². The Hall–Kier alpha value is -1.22. The van der Waals surface area contributed by atoms with Crippen molar-refractivity contribution in [3.63, 3.8) is 0 Å². The highest BCUT2D eigenvalue weighted by Gasteiger charge is 2.31. The molecule has 1 saturated heterocycles. The second-order valence-corrected chi connectivity index (χ2v) is 5.76. The molecule has 17 heavy (non-hydrogen) atoms. The summed E-state index contributed by atoms with van der Waals surface area (Å²) in [5.74, 6) is 0. The number of likely N-dealkylation sites (N-methyl/N-ethyl adjacent to an activating group) is 1. The van der Waals surface area contributed by atoms with Gasteiger partial charge in [-0.05, 0) is 51.6 Å². The number of piperazine rings is 1. The van der Waals surface area contributed by atoms with Crippen molar-refractivity contribution in [1.29, 1.82) is 0 Å². The minimum absolute atomic E-state index is 0.219. The highest BCUT2D eigenvalue weighted by atomic mass is 15.3. The number of benzene rings is 1. The second-order valence-electron chi connectivity index (χ2n) is 5.76. The van der Waals surface area contributed by atoms with Gasteiger partial charge in [-0.1, -0.05) is 0 Å². The van der Waals surface area contributed by atoms with Crippen LogP contribution in [-0.4, -0.2) is 37.1 Å². The number of aryl methyl sites for hydroxylation is 1. The van der Waals surface area contributed by atoms with Crippen molar-refractivity contribution < 1.29 is 0 Å². The van der Waals surface area contributed by atoms with E-state index in [0.29, 0.717) is 0 Å². The Morgan fingerprint density at radius 1 is 1.18 bits per heavy atom. The fourth-order valence-corrected chi connectivity index (χ4v) is 2.44. The van der Waals surface area contributed by atoms with Gasteiger partial charge in [0.1, 0.15) is 0 Å². The van der Waals surface area contributed by atoms with E-state index in [1.54, 1.807) is 0 Å². The number of hydrogen-bond acceptors (Lipinski definition) is 3. The Kier molecular flexibility index (Phi) is 3.04. The highest BCUT2D eigenvalue weighted by Crippen LogP contribution is 2.26. The average Bonchev–Trinajstić information content (AvgIpc) is 2.20. The van der Waals surface area contributed by atoms with Crippen LogP contribution in [0.3, 0.4) is 0 Å². The Morgan fingerprint density at radius 3 is 2.47 bits per heavy atom. The molecule has 1 fully saturated rings. The van der Waals surface area contributed by atoms with Gasteiger partial charge in [0, 0.05) is 36.5 Å². The fraction of sp³-hybridized carbons (Fsp3) is 0.571. The highest BCUT2D eigenvalue weighted by molar-refractivity contribution is 5.58. The van der Waals surface area contributed by atoms with Crippen molar-refractivity contribution in [3.8, 4) is 0 Å². The second kappa shape index (κ2) is 4.22. The van der Waals surface area contributed by atoms with Crippen LogP contribution in [0.1, 0.15) is 19.4 Å². The van der Waals surface area contributed by atoms with E-state index in [0.717, 1.165) is 25.3 Å². The van der Waals surface area contributed by atoms with E-state index in [1.807, 2.05) is 6.07 Å². The average molecular weight is 233 g/mol. The number of hydrogen-bond donors (Lipinski definition) is 1. The number of nitrogens with zero attached hydrogens (tertiary/aromatic N) is 2. The first-order valence-electron chi connectivity index (χ1n) is 6.22. The molecule has 0 unspecified atom stereocenters. The lowest BCUT2D eigenvalue weighted by atomic mass is 9.99. The summed E-state index contributed by atoms with van der Waals surface area (Å²) in [5.41, 5.74) is 9.49. The predicted octanol–water partition coefficient (Wildman–Crippen LogP) is 2.11. The molecule has 1 heterocycles. The van der Waals surface area contributed by atoms with E-state index < -0.39 is 0 Å². The zero-order chi connectivity index (χ0) is 12.6. The molecule has 0 aromatic heterocycles. The topological polar surface area (TPSA) is 32.5 Å². The molecule has 0 atom stereocenters. The van der Waals surface area contributed by atoms with Gasteiger partial charge in [-0.25, -0.2) is 0 Å². The van der Waals surface area contributed by atoms with Gasteiger partial charge >= 0.3 is 0 Å². The van der Waals surface area contributed by atoms with Crippen LogP contribution in [0.5, 0.6) is 0 Å². The standard InChI is InChI=1S/C14H23N3/c1-11-7-12(15)9-13(8-11)17-6-5-16(4)14(2,3)10-17/h7-9H,5-6,10,15H2,1-4H3. The van der Waals surface area contributed by atoms with Gasteiger partial charge in [0.2, 0.25) is 0 Å². The van der Waals surface area contributed by atoms with Crippen LogP contribution in [0, 0.1) is 6.92 Å². The molecule has 0 aliphatic carbocycles. The van der Waals surface area contributed by atoms with E-state index in [-0.39, 0.29) is 5.54 Å². The van der Waals surface area contributed by atoms with Crippen molar-refractivity contribution in [2.75, 3.05) is 37.3 Å². The Balaban J connectivity index is 2.23. The summed E-state index contributed by atoms with van der Waals surface area (Å²) in [7, 11) is 2.20. The van der Waals surface area contributed by atoms with Gasteiger partial charge < -0.3 is 10.6 Å². The summed E-state index contributed by atoms with van der Waals surface area (Å²) in [6.07, 6.45) is 0. The molecule has 1 aromatic rings. The normalized spacial score (nSPS) is 20.6. The molecule has 0 saturated carbocycles. The molecule has 94 valence electrons. The van der Waals surface area contributed by atoms with E-state index in [9.17, 15) is 0 Å².